The molecule has 1 aromatic carbocycles. The highest BCUT2D eigenvalue weighted by Crippen LogP contribution is 2.46. The second kappa shape index (κ2) is 6.57. The van der Waals surface area contributed by atoms with Crippen molar-refractivity contribution in [1.82, 2.24) is 5.32 Å². The summed E-state index contributed by atoms with van der Waals surface area (Å²) in [5.41, 5.74) is 3.53. The van der Waals surface area contributed by atoms with Crippen LogP contribution in [0.3, 0.4) is 0 Å². The fourth-order valence-electron chi connectivity index (χ4n) is 3.35. The lowest BCUT2D eigenvalue weighted by Gasteiger charge is -2.23. The molecule has 2 rings (SSSR count). The van der Waals surface area contributed by atoms with Gasteiger partial charge in [0.25, 0.3) is 0 Å². The molecule has 0 aliphatic heterocycles. The van der Waals surface area contributed by atoms with Crippen LogP contribution in [-0.2, 0) is 4.74 Å². The van der Waals surface area contributed by atoms with E-state index in [-0.39, 0.29) is 18.7 Å². The van der Waals surface area contributed by atoms with Crippen molar-refractivity contribution in [2.24, 2.45) is 0 Å². The van der Waals surface area contributed by atoms with Crippen LogP contribution in [0.15, 0.2) is 12.1 Å². The molecule has 1 aliphatic carbocycles. The van der Waals surface area contributed by atoms with Gasteiger partial charge >= 0.3 is 0 Å². The number of phenolic OH excluding ortho intramolecular Hbond substituents is 1. The molecule has 1 aromatic rings. The molecule has 0 saturated carbocycles. The Kier molecular flexibility index (Phi) is 5.02. The second-order valence-electron chi connectivity index (χ2n) is 5.75. The van der Waals surface area contributed by atoms with Crippen LogP contribution in [0, 0.1) is 6.92 Å². The maximum absolute atomic E-state index is 10.2. The number of rotatable bonds is 6. The highest BCUT2D eigenvalue weighted by Gasteiger charge is 2.33. The number of phenols is 1. The van der Waals surface area contributed by atoms with E-state index in [9.17, 15) is 5.11 Å². The first-order valence-corrected chi connectivity index (χ1v) is 7.26. The molecule has 0 radical (unpaired) electrons. The van der Waals surface area contributed by atoms with Crippen molar-refractivity contribution in [3.8, 4) is 5.75 Å². The van der Waals surface area contributed by atoms with E-state index < -0.39 is 0 Å². The summed E-state index contributed by atoms with van der Waals surface area (Å²) in [5, 5.41) is 22.9. The topological polar surface area (TPSA) is 61.7 Å². The number of hydrogen-bond donors (Lipinski definition) is 3. The molecule has 0 heterocycles. The first-order valence-electron chi connectivity index (χ1n) is 7.26. The van der Waals surface area contributed by atoms with E-state index in [2.05, 4.69) is 19.2 Å². The second-order valence-corrected chi connectivity index (χ2v) is 5.75. The average molecular weight is 279 g/mol. The predicted molar refractivity (Wildman–Crippen MR) is 79.1 cm³/mol. The normalized spacial score (nSPS) is 22.8. The number of hydrogen-bond acceptors (Lipinski definition) is 4. The van der Waals surface area contributed by atoms with Gasteiger partial charge in [0, 0.05) is 31.4 Å². The van der Waals surface area contributed by atoms with Crippen LogP contribution in [0.1, 0.15) is 48.4 Å². The zero-order chi connectivity index (χ0) is 14.7. The molecule has 3 atom stereocenters. The SMILES string of the molecule is COCC(CCO)NC1CC(C)c2c(C)ccc(O)c21. The number of ether oxygens (including phenoxy) is 1. The molecule has 3 unspecified atom stereocenters. The van der Waals surface area contributed by atoms with E-state index in [4.69, 9.17) is 9.84 Å². The Bertz CT molecular complexity index is 455. The summed E-state index contributed by atoms with van der Waals surface area (Å²) in [5.74, 6) is 0.805. The molecule has 0 spiro atoms. The molecule has 0 bridgehead atoms. The Labute approximate surface area is 120 Å². The van der Waals surface area contributed by atoms with E-state index in [0.717, 1.165) is 12.0 Å². The summed E-state index contributed by atoms with van der Waals surface area (Å²) in [6, 6.07) is 3.99. The van der Waals surface area contributed by atoms with Gasteiger partial charge in [-0.1, -0.05) is 13.0 Å². The zero-order valence-corrected chi connectivity index (χ0v) is 12.5. The maximum atomic E-state index is 10.2. The average Bonchev–Trinajstić information content (AvgIpc) is 2.73. The minimum Gasteiger partial charge on any atom is -0.508 e. The van der Waals surface area contributed by atoms with Crippen LogP contribution in [0.4, 0.5) is 0 Å². The molecule has 4 nitrogen and oxygen atoms in total. The van der Waals surface area contributed by atoms with E-state index in [1.807, 2.05) is 6.07 Å². The molecule has 0 amide bonds. The standard InChI is InChI=1S/C16H25NO3/c1-10-4-5-14(19)16-13(8-11(2)15(10)16)17-12(6-7-18)9-20-3/h4-5,11-13,17-19H,6-9H2,1-3H3. The number of methoxy groups -OCH3 is 1. The van der Waals surface area contributed by atoms with Crippen LogP contribution in [-0.4, -0.2) is 36.6 Å². The molecule has 0 aromatic heterocycles. The number of aliphatic hydroxyl groups excluding tert-OH is 1. The van der Waals surface area contributed by atoms with Gasteiger partial charge in [0.1, 0.15) is 5.75 Å². The summed E-state index contributed by atoms with van der Waals surface area (Å²) in [7, 11) is 1.67. The number of aliphatic hydroxyl groups is 1. The Balaban J connectivity index is 2.22. The largest absolute Gasteiger partial charge is 0.508 e. The highest BCUT2D eigenvalue weighted by atomic mass is 16.5. The third-order valence-electron chi connectivity index (χ3n) is 4.19. The van der Waals surface area contributed by atoms with Crippen molar-refractivity contribution >= 4 is 0 Å². The number of nitrogens with one attached hydrogen (secondary N) is 1. The quantitative estimate of drug-likeness (QED) is 0.747. The highest BCUT2D eigenvalue weighted by molar-refractivity contribution is 5.50. The van der Waals surface area contributed by atoms with Gasteiger partial charge in [-0.2, -0.15) is 0 Å². The number of aryl methyl sites for hydroxylation is 1. The molecule has 1 aliphatic rings. The lowest BCUT2D eigenvalue weighted by atomic mass is 9.97. The Hall–Kier alpha value is -1.10. The summed E-state index contributed by atoms with van der Waals surface area (Å²) in [6.07, 6.45) is 1.63. The maximum Gasteiger partial charge on any atom is 0.120 e. The summed E-state index contributed by atoms with van der Waals surface area (Å²) >= 11 is 0. The molecule has 112 valence electrons. The van der Waals surface area contributed by atoms with Crippen molar-refractivity contribution in [1.29, 1.82) is 0 Å². The number of aromatic hydroxyl groups is 1. The monoisotopic (exact) mass is 279 g/mol. The van der Waals surface area contributed by atoms with Gasteiger partial charge in [0.2, 0.25) is 0 Å². The number of benzene rings is 1. The first kappa shape index (κ1) is 15.3. The Morgan fingerprint density at radius 3 is 2.80 bits per heavy atom. The van der Waals surface area contributed by atoms with Gasteiger partial charge in [0.05, 0.1) is 6.61 Å². The Morgan fingerprint density at radius 1 is 1.40 bits per heavy atom. The zero-order valence-electron chi connectivity index (χ0n) is 12.5. The third-order valence-corrected chi connectivity index (χ3v) is 4.19. The van der Waals surface area contributed by atoms with Crippen molar-refractivity contribution in [3.05, 3.63) is 28.8 Å². The number of fused-ring (bicyclic) bond motifs is 1. The van der Waals surface area contributed by atoms with Crippen molar-refractivity contribution in [3.63, 3.8) is 0 Å². The summed E-state index contributed by atoms with van der Waals surface area (Å²) < 4.78 is 5.20. The third kappa shape index (κ3) is 2.97. The minimum atomic E-state index is 0.105. The van der Waals surface area contributed by atoms with Crippen LogP contribution >= 0.6 is 0 Å². The van der Waals surface area contributed by atoms with E-state index in [1.54, 1.807) is 13.2 Å². The fourth-order valence-corrected chi connectivity index (χ4v) is 3.35. The van der Waals surface area contributed by atoms with Crippen molar-refractivity contribution < 1.29 is 14.9 Å². The van der Waals surface area contributed by atoms with E-state index >= 15 is 0 Å². The molecular formula is C16H25NO3. The molecule has 3 N–H and O–H groups in total. The van der Waals surface area contributed by atoms with Gasteiger partial charge < -0.3 is 20.3 Å². The lowest BCUT2D eigenvalue weighted by Crippen LogP contribution is -2.36. The minimum absolute atomic E-state index is 0.105. The smallest absolute Gasteiger partial charge is 0.120 e. The molecule has 0 fully saturated rings. The van der Waals surface area contributed by atoms with Gasteiger partial charge in [-0.15, -0.1) is 0 Å². The van der Waals surface area contributed by atoms with Gasteiger partial charge in [-0.05, 0) is 42.9 Å². The van der Waals surface area contributed by atoms with Crippen LogP contribution in [0.25, 0.3) is 0 Å². The van der Waals surface area contributed by atoms with Crippen molar-refractivity contribution in [2.45, 2.75) is 44.7 Å². The molecule has 4 heteroatoms. The fraction of sp³-hybridized carbons (Fsp3) is 0.625. The van der Waals surface area contributed by atoms with Gasteiger partial charge in [-0.25, -0.2) is 0 Å². The predicted octanol–water partition coefficient (Wildman–Crippen LogP) is 2.24. The first-order chi connectivity index (χ1) is 9.58. The molecule has 20 heavy (non-hydrogen) atoms. The lowest BCUT2D eigenvalue weighted by molar-refractivity contribution is 0.142. The summed E-state index contributed by atoms with van der Waals surface area (Å²) in [6.45, 7) is 4.99. The van der Waals surface area contributed by atoms with E-state index in [1.165, 1.54) is 11.1 Å². The van der Waals surface area contributed by atoms with Crippen LogP contribution < -0.4 is 5.32 Å². The van der Waals surface area contributed by atoms with E-state index in [0.29, 0.717) is 24.7 Å². The van der Waals surface area contributed by atoms with Crippen LogP contribution in [0.2, 0.25) is 0 Å². The van der Waals surface area contributed by atoms with Gasteiger partial charge in [-0.3, -0.25) is 0 Å². The van der Waals surface area contributed by atoms with Gasteiger partial charge in [0.15, 0.2) is 0 Å². The molecule has 0 saturated heterocycles. The molecular weight excluding hydrogens is 254 g/mol. The van der Waals surface area contributed by atoms with Crippen molar-refractivity contribution in [2.75, 3.05) is 20.3 Å². The Morgan fingerprint density at radius 2 is 2.15 bits per heavy atom. The summed E-state index contributed by atoms with van der Waals surface area (Å²) in [4.78, 5) is 0. The van der Waals surface area contributed by atoms with Crippen LogP contribution in [0.5, 0.6) is 5.75 Å².